The van der Waals surface area contributed by atoms with Gasteiger partial charge in [-0.2, -0.15) is 5.26 Å². The van der Waals surface area contributed by atoms with Gasteiger partial charge in [0.05, 0.1) is 0 Å². The van der Waals surface area contributed by atoms with E-state index >= 15 is 0 Å². The number of amides is 1. The zero-order valence-corrected chi connectivity index (χ0v) is 15.1. The number of phenolic OH excluding ortho intramolecular Hbond substituents is 1. The first kappa shape index (κ1) is 18.9. The third-order valence-corrected chi connectivity index (χ3v) is 4.75. The zero-order chi connectivity index (χ0) is 18.2. The maximum atomic E-state index is 12.3. The lowest BCUT2D eigenvalue weighted by atomic mass is 9.95. The molecule has 0 aliphatic heterocycles. The lowest BCUT2D eigenvalue weighted by Crippen LogP contribution is -2.36. The number of phenols is 1. The Morgan fingerprint density at radius 3 is 2.56 bits per heavy atom. The van der Waals surface area contributed by atoms with Crippen molar-refractivity contribution in [2.45, 2.75) is 52.0 Å². The first-order valence-corrected chi connectivity index (χ1v) is 9.09. The molecule has 134 valence electrons. The van der Waals surface area contributed by atoms with Crippen molar-refractivity contribution in [3.63, 3.8) is 0 Å². The number of nitriles is 1. The lowest BCUT2D eigenvalue weighted by Gasteiger charge is -2.22. The molecule has 1 amide bonds. The molecule has 2 N–H and O–H groups in total. The van der Waals surface area contributed by atoms with Gasteiger partial charge in [0.15, 0.2) is 0 Å². The van der Waals surface area contributed by atoms with Gasteiger partial charge in [-0.3, -0.25) is 4.79 Å². The predicted octanol–water partition coefficient (Wildman–Crippen LogP) is 3.59. The first-order chi connectivity index (χ1) is 12.1. The predicted molar refractivity (Wildman–Crippen MR) is 100 cm³/mol. The van der Waals surface area contributed by atoms with Crippen molar-refractivity contribution in [1.82, 2.24) is 5.32 Å². The highest BCUT2D eigenvalue weighted by Gasteiger charge is 2.18. The molecule has 0 spiro atoms. The number of aromatic hydroxyl groups is 1. The molecule has 0 unspecified atom stereocenters. The van der Waals surface area contributed by atoms with Gasteiger partial charge in [0.2, 0.25) is 0 Å². The number of hydrogen-bond donors (Lipinski definition) is 2. The van der Waals surface area contributed by atoms with E-state index in [2.05, 4.69) is 24.1 Å². The van der Waals surface area contributed by atoms with Gasteiger partial charge in [0.25, 0.3) is 5.91 Å². The summed E-state index contributed by atoms with van der Waals surface area (Å²) in [4.78, 5) is 14.5. The molecule has 1 saturated carbocycles. The number of nitrogens with one attached hydrogen (secondary N) is 1. The average molecular weight is 341 g/mol. The van der Waals surface area contributed by atoms with Crippen molar-refractivity contribution < 1.29 is 9.90 Å². The second-order valence-corrected chi connectivity index (χ2v) is 6.39. The number of nitrogens with zero attached hydrogens (tertiary/aromatic N) is 2. The number of hydrogen-bond acceptors (Lipinski definition) is 4. The third kappa shape index (κ3) is 4.99. The molecule has 5 nitrogen and oxygen atoms in total. The van der Waals surface area contributed by atoms with Crippen LogP contribution in [-0.2, 0) is 4.79 Å². The molecule has 0 saturated heterocycles. The molecule has 5 heteroatoms. The fourth-order valence-electron chi connectivity index (χ4n) is 3.25. The smallest absolute Gasteiger partial charge is 0.262 e. The van der Waals surface area contributed by atoms with Crippen LogP contribution in [0.25, 0.3) is 6.08 Å². The quantitative estimate of drug-likeness (QED) is 0.612. The van der Waals surface area contributed by atoms with Gasteiger partial charge < -0.3 is 15.3 Å². The summed E-state index contributed by atoms with van der Waals surface area (Å²) in [6.45, 7) is 5.80. The minimum absolute atomic E-state index is 0.0245. The Morgan fingerprint density at radius 2 is 2.00 bits per heavy atom. The molecule has 0 bridgehead atoms. The molecule has 0 heterocycles. The van der Waals surface area contributed by atoms with Crippen LogP contribution in [0.15, 0.2) is 23.8 Å². The van der Waals surface area contributed by atoms with Gasteiger partial charge in [-0.25, -0.2) is 0 Å². The standard InChI is InChI=1S/C20H27N3O2/c1-3-23(4-2)18-11-10-15(19(24)13-18)12-16(14-21)20(25)22-17-8-6-5-7-9-17/h10-13,17,24H,3-9H2,1-2H3,(H,22,25). The highest BCUT2D eigenvalue weighted by atomic mass is 16.3. The molecule has 1 aliphatic carbocycles. The average Bonchev–Trinajstić information content (AvgIpc) is 2.63. The van der Waals surface area contributed by atoms with Gasteiger partial charge in [0, 0.05) is 36.4 Å². The molecular weight excluding hydrogens is 314 g/mol. The minimum Gasteiger partial charge on any atom is -0.507 e. The van der Waals surface area contributed by atoms with Gasteiger partial charge in [-0.1, -0.05) is 19.3 Å². The van der Waals surface area contributed by atoms with Crippen LogP contribution in [0.5, 0.6) is 5.75 Å². The number of carbonyl (C=O) groups excluding carboxylic acids is 1. The second-order valence-electron chi connectivity index (χ2n) is 6.39. The Bertz CT molecular complexity index is 666. The van der Waals surface area contributed by atoms with Crippen molar-refractivity contribution in [2.24, 2.45) is 0 Å². The third-order valence-electron chi connectivity index (χ3n) is 4.75. The molecule has 2 rings (SSSR count). The Balaban J connectivity index is 2.15. The molecule has 0 radical (unpaired) electrons. The van der Waals surface area contributed by atoms with Crippen LogP contribution in [-0.4, -0.2) is 30.1 Å². The van der Waals surface area contributed by atoms with Crippen molar-refractivity contribution >= 4 is 17.7 Å². The van der Waals surface area contributed by atoms with E-state index in [0.717, 1.165) is 44.5 Å². The summed E-state index contributed by atoms with van der Waals surface area (Å²) < 4.78 is 0. The Morgan fingerprint density at radius 1 is 1.32 bits per heavy atom. The van der Waals surface area contributed by atoms with E-state index in [1.165, 1.54) is 12.5 Å². The molecule has 0 atom stereocenters. The summed E-state index contributed by atoms with van der Waals surface area (Å²) >= 11 is 0. The van der Waals surface area contributed by atoms with Crippen LogP contribution in [0.3, 0.4) is 0 Å². The van der Waals surface area contributed by atoms with E-state index in [9.17, 15) is 15.2 Å². The maximum Gasteiger partial charge on any atom is 0.262 e. The Labute approximate surface area is 150 Å². The van der Waals surface area contributed by atoms with Crippen molar-refractivity contribution in [3.8, 4) is 11.8 Å². The van der Waals surface area contributed by atoms with Crippen LogP contribution in [0.4, 0.5) is 5.69 Å². The molecule has 25 heavy (non-hydrogen) atoms. The van der Waals surface area contributed by atoms with Crippen molar-refractivity contribution in [2.75, 3.05) is 18.0 Å². The minimum atomic E-state index is -0.360. The van der Waals surface area contributed by atoms with E-state index in [1.807, 2.05) is 12.1 Å². The van der Waals surface area contributed by atoms with Crippen LogP contribution in [0, 0.1) is 11.3 Å². The second kappa shape index (κ2) is 9.12. The summed E-state index contributed by atoms with van der Waals surface area (Å²) in [6.07, 6.45) is 6.83. The van der Waals surface area contributed by atoms with Crippen LogP contribution < -0.4 is 10.2 Å². The monoisotopic (exact) mass is 341 g/mol. The number of benzene rings is 1. The largest absolute Gasteiger partial charge is 0.507 e. The fourth-order valence-corrected chi connectivity index (χ4v) is 3.25. The summed E-state index contributed by atoms with van der Waals surface area (Å²) in [5, 5.41) is 22.5. The van der Waals surface area contributed by atoms with Gasteiger partial charge in [-0.05, 0) is 44.9 Å². The summed E-state index contributed by atoms with van der Waals surface area (Å²) in [5.41, 5.74) is 1.42. The van der Waals surface area contributed by atoms with Gasteiger partial charge in [0.1, 0.15) is 17.4 Å². The fraction of sp³-hybridized carbons (Fsp3) is 0.500. The van der Waals surface area contributed by atoms with Crippen LogP contribution >= 0.6 is 0 Å². The Kier molecular flexibility index (Phi) is 6.88. The van der Waals surface area contributed by atoms with Gasteiger partial charge in [-0.15, -0.1) is 0 Å². The lowest BCUT2D eigenvalue weighted by molar-refractivity contribution is -0.117. The summed E-state index contributed by atoms with van der Waals surface area (Å²) in [7, 11) is 0. The normalized spacial score (nSPS) is 15.5. The van der Waals surface area contributed by atoms with Crippen molar-refractivity contribution in [3.05, 3.63) is 29.3 Å². The zero-order valence-electron chi connectivity index (χ0n) is 15.1. The molecule has 1 aromatic rings. The molecule has 0 aromatic heterocycles. The van der Waals surface area contributed by atoms with Crippen LogP contribution in [0.2, 0.25) is 0 Å². The number of anilines is 1. The molecule has 1 aromatic carbocycles. The highest BCUT2D eigenvalue weighted by molar-refractivity contribution is 6.02. The molecule has 1 fully saturated rings. The summed E-state index contributed by atoms with van der Waals surface area (Å²) in [6, 6.07) is 7.42. The van der Waals surface area contributed by atoms with E-state index in [4.69, 9.17) is 0 Å². The number of rotatable bonds is 6. The van der Waals surface area contributed by atoms with Crippen LogP contribution in [0.1, 0.15) is 51.5 Å². The SMILES string of the molecule is CCN(CC)c1ccc(C=C(C#N)C(=O)NC2CCCCC2)c(O)c1. The summed E-state index contributed by atoms with van der Waals surface area (Å²) in [5.74, 6) is -0.288. The molecular formula is C20H27N3O2. The van der Waals surface area contributed by atoms with Gasteiger partial charge >= 0.3 is 0 Å². The van der Waals surface area contributed by atoms with E-state index in [1.54, 1.807) is 12.1 Å². The molecule has 1 aliphatic rings. The first-order valence-electron chi connectivity index (χ1n) is 9.09. The van der Waals surface area contributed by atoms with E-state index in [-0.39, 0.29) is 23.3 Å². The van der Waals surface area contributed by atoms with E-state index < -0.39 is 0 Å². The topological polar surface area (TPSA) is 76.4 Å². The maximum absolute atomic E-state index is 12.3. The number of carbonyl (C=O) groups is 1. The van der Waals surface area contributed by atoms with E-state index in [0.29, 0.717) is 5.56 Å². The highest BCUT2D eigenvalue weighted by Crippen LogP contribution is 2.26. The van der Waals surface area contributed by atoms with Crippen molar-refractivity contribution in [1.29, 1.82) is 5.26 Å². The Hall–Kier alpha value is -2.48.